The fourth-order valence-corrected chi connectivity index (χ4v) is 2.18. The van der Waals surface area contributed by atoms with Crippen LogP contribution in [0.1, 0.15) is 27.2 Å². The van der Waals surface area contributed by atoms with Crippen LogP contribution in [0.25, 0.3) is 0 Å². The number of amides is 1. The van der Waals surface area contributed by atoms with E-state index in [1.807, 2.05) is 0 Å². The molecule has 0 aromatic rings. The monoisotopic (exact) mass is 301 g/mol. The Morgan fingerprint density at radius 2 is 2.29 bits per heavy atom. The van der Waals surface area contributed by atoms with Gasteiger partial charge in [0.05, 0.1) is 25.9 Å². The van der Waals surface area contributed by atoms with Crippen molar-refractivity contribution in [2.75, 3.05) is 52.5 Å². The molecular weight excluding hydrogens is 270 g/mol. The summed E-state index contributed by atoms with van der Waals surface area (Å²) in [5.41, 5.74) is 0. The van der Waals surface area contributed by atoms with Crippen LogP contribution in [0, 0.1) is 0 Å². The Morgan fingerprint density at radius 1 is 1.48 bits per heavy atom. The van der Waals surface area contributed by atoms with Crippen molar-refractivity contribution in [3.63, 3.8) is 0 Å². The van der Waals surface area contributed by atoms with Crippen molar-refractivity contribution in [3.05, 3.63) is 0 Å². The van der Waals surface area contributed by atoms with Gasteiger partial charge < -0.3 is 20.1 Å². The first-order chi connectivity index (χ1) is 10.1. The number of hydrogen-bond acceptors (Lipinski definition) is 5. The van der Waals surface area contributed by atoms with Gasteiger partial charge in [-0.05, 0) is 13.3 Å². The van der Waals surface area contributed by atoms with E-state index in [-0.39, 0.29) is 12.0 Å². The molecule has 124 valence electrons. The van der Waals surface area contributed by atoms with E-state index in [9.17, 15) is 4.79 Å². The summed E-state index contributed by atoms with van der Waals surface area (Å²) in [6, 6.07) is 0.558. The van der Waals surface area contributed by atoms with Gasteiger partial charge in [0.1, 0.15) is 0 Å². The minimum atomic E-state index is -0.00661. The van der Waals surface area contributed by atoms with Crippen LogP contribution in [0.3, 0.4) is 0 Å². The molecule has 1 saturated heterocycles. The maximum atomic E-state index is 10.9. The summed E-state index contributed by atoms with van der Waals surface area (Å²) in [5.74, 6) is -0.00661. The first-order valence-electron chi connectivity index (χ1n) is 8.01. The Bertz CT molecular complexity index is 289. The Hall–Kier alpha value is -0.690. The molecule has 0 spiro atoms. The predicted octanol–water partition coefficient (Wildman–Crippen LogP) is 0.228. The van der Waals surface area contributed by atoms with Crippen LogP contribution in [-0.4, -0.2) is 75.5 Å². The second kappa shape index (κ2) is 11.0. The summed E-state index contributed by atoms with van der Waals surface area (Å²) in [4.78, 5) is 13.2. The molecule has 1 aliphatic heterocycles. The van der Waals surface area contributed by atoms with Crippen LogP contribution in [0.15, 0.2) is 0 Å². The lowest BCUT2D eigenvalue weighted by Crippen LogP contribution is -2.48. The number of carbonyl (C=O) groups excluding carboxylic acids is 1. The molecule has 0 saturated carbocycles. The maximum absolute atomic E-state index is 10.9. The number of morpholine rings is 1. The van der Waals surface area contributed by atoms with Gasteiger partial charge >= 0.3 is 0 Å². The highest BCUT2D eigenvalue weighted by Crippen LogP contribution is 2.04. The second-order valence-corrected chi connectivity index (χ2v) is 5.61. The van der Waals surface area contributed by atoms with Crippen molar-refractivity contribution in [1.29, 1.82) is 0 Å². The van der Waals surface area contributed by atoms with E-state index in [0.717, 1.165) is 52.4 Å². The molecule has 0 bridgehead atoms. The lowest BCUT2D eigenvalue weighted by atomic mass is 10.2. The van der Waals surface area contributed by atoms with Crippen LogP contribution in [0.2, 0.25) is 0 Å². The van der Waals surface area contributed by atoms with Crippen LogP contribution in [-0.2, 0) is 14.3 Å². The van der Waals surface area contributed by atoms with Gasteiger partial charge in [0.25, 0.3) is 0 Å². The number of carbonyl (C=O) groups is 1. The fourth-order valence-electron chi connectivity index (χ4n) is 2.18. The van der Waals surface area contributed by atoms with Crippen LogP contribution in [0.5, 0.6) is 0 Å². The van der Waals surface area contributed by atoms with Crippen molar-refractivity contribution in [2.24, 2.45) is 0 Å². The molecule has 1 rings (SSSR count). The van der Waals surface area contributed by atoms with E-state index in [2.05, 4.69) is 29.4 Å². The smallest absolute Gasteiger partial charge is 0.216 e. The number of hydrogen-bond donors (Lipinski definition) is 2. The van der Waals surface area contributed by atoms with Gasteiger partial charge in [-0.25, -0.2) is 0 Å². The Kier molecular flexibility index (Phi) is 9.58. The Morgan fingerprint density at radius 3 is 3.00 bits per heavy atom. The third-order valence-electron chi connectivity index (χ3n) is 3.71. The molecule has 2 N–H and O–H groups in total. The quantitative estimate of drug-likeness (QED) is 0.566. The van der Waals surface area contributed by atoms with Crippen molar-refractivity contribution in [2.45, 2.75) is 39.3 Å². The predicted molar refractivity (Wildman–Crippen MR) is 83.4 cm³/mol. The van der Waals surface area contributed by atoms with Gasteiger partial charge in [0.2, 0.25) is 5.91 Å². The SMILES string of the molecule is CCC(C)NCCOCCN1CCOC(CNC(C)=O)C1. The van der Waals surface area contributed by atoms with Gasteiger partial charge in [-0.1, -0.05) is 6.92 Å². The zero-order valence-corrected chi connectivity index (χ0v) is 13.7. The molecular formula is C15H31N3O3. The molecule has 1 amide bonds. The summed E-state index contributed by atoms with van der Waals surface area (Å²) in [6.07, 6.45) is 1.23. The fraction of sp³-hybridized carbons (Fsp3) is 0.933. The standard InChI is InChI=1S/C15H31N3O3/c1-4-13(2)16-5-8-20-9-6-18-7-10-21-15(12-18)11-17-14(3)19/h13,15-16H,4-12H2,1-3H3,(H,17,19). The van der Waals surface area contributed by atoms with E-state index in [4.69, 9.17) is 9.47 Å². The minimum absolute atomic E-state index is 0.00661. The van der Waals surface area contributed by atoms with Crippen molar-refractivity contribution >= 4 is 5.91 Å². The van der Waals surface area contributed by atoms with Crippen molar-refractivity contribution < 1.29 is 14.3 Å². The van der Waals surface area contributed by atoms with Crippen LogP contribution >= 0.6 is 0 Å². The first kappa shape index (κ1) is 18.4. The van der Waals surface area contributed by atoms with E-state index in [1.165, 1.54) is 6.92 Å². The summed E-state index contributed by atoms with van der Waals surface area (Å²) >= 11 is 0. The molecule has 2 atom stereocenters. The third kappa shape index (κ3) is 9.03. The highest BCUT2D eigenvalue weighted by Gasteiger charge is 2.20. The average Bonchev–Trinajstić information content (AvgIpc) is 2.48. The topological polar surface area (TPSA) is 62.8 Å². The normalized spacial score (nSPS) is 21.2. The summed E-state index contributed by atoms with van der Waals surface area (Å²) in [6.45, 7) is 12.3. The van der Waals surface area contributed by atoms with Gasteiger partial charge in [0.15, 0.2) is 0 Å². The largest absolute Gasteiger partial charge is 0.379 e. The molecule has 1 heterocycles. The van der Waals surface area contributed by atoms with E-state index in [0.29, 0.717) is 12.6 Å². The molecule has 0 aliphatic carbocycles. The minimum Gasteiger partial charge on any atom is -0.379 e. The zero-order chi connectivity index (χ0) is 15.5. The first-order valence-corrected chi connectivity index (χ1v) is 8.01. The van der Waals surface area contributed by atoms with Gasteiger partial charge in [0, 0.05) is 45.7 Å². The average molecular weight is 301 g/mol. The number of nitrogens with one attached hydrogen (secondary N) is 2. The van der Waals surface area contributed by atoms with Crippen molar-refractivity contribution in [1.82, 2.24) is 15.5 Å². The molecule has 0 radical (unpaired) electrons. The van der Waals surface area contributed by atoms with Gasteiger partial charge in [-0.2, -0.15) is 0 Å². The summed E-state index contributed by atoms with van der Waals surface area (Å²) < 4.78 is 11.3. The number of rotatable bonds is 10. The summed E-state index contributed by atoms with van der Waals surface area (Å²) in [5, 5.41) is 6.21. The maximum Gasteiger partial charge on any atom is 0.216 e. The van der Waals surface area contributed by atoms with E-state index >= 15 is 0 Å². The highest BCUT2D eigenvalue weighted by atomic mass is 16.5. The molecule has 1 aliphatic rings. The van der Waals surface area contributed by atoms with E-state index in [1.54, 1.807) is 0 Å². The van der Waals surface area contributed by atoms with Crippen LogP contribution < -0.4 is 10.6 Å². The Labute approximate surface area is 128 Å². The molecule has 6 nitrogen and oxygen atoms in total. The lowest BCUT2D eigenvalue weighted by Gasteiger charge is -2.32. The molecule has 6 heteroatoms. The zero-order valence-electron chi connectivity index (χ0n) is 13.7. The molecule has 2 unspecified atom stereocenters. The Balaban J connectivity index is 2.02. The number of ether oxygens (including phenoxy) is 2. The van der Waals surface area contributed by atoms with Crippen molar-refractivity contribution in [3.8, 4) is 0 Å². The van der Waals surface area contributed by atoms with E-state index < -0.39 is 0 Å². The summed E-state index contributed by atoms with van der Waals surface area (Å²) in [7, 11) is 0. The lowest BCUT2D eigenvalue weighted by molar-refractivity contribution is -0.120. The van der Waals surface area contributed by atoms with Gasteiger partial charge in [-0.15, -0.1) is 0 Å². The second-order valence-electron chi connectivity index (χ2n) is 5.61. The third-order valence-corrected chi connectivity index (χ3v) is 3.71. The van der Waals surface area contributed by atoms with Gasteiger partial charge in [-0.3, -0.25) is 9.69 Å². The molecule has 0 aromatic carbocycles. The molecule has 0 aromatic heterocycles. The number of nitrogens with zero attached hydrogens (tertiary/aromatic N) is 1. The molecule has 21 heavy (non-hydrogen) atoms. The molecule has 1 fully saturated rings. The highest BCUT2D eigenvalue weighted by molar-refractivity contribution is 5.72. The van der Waals surface area contributed by atoms with Crippen LogP contribution in [0.4, 0.5) is 0 Å².